The van der Waals surface area contributed by atoms with E-state index in [1.807, 2.05) is 12.1 Å². The molecule has 3 rings (SSSR count). The fraction of sp³-hybridized carbons (Fsp3) is 0.562. The first-order valence-electron chi connectivity index (χ1n) is 7.58. The van der Waals surface area contributed by atoms with E-state index < -0.39 is 0 Å². The molecule has 0 bridgehead atoms. The van der Waals surface area contributed by atoms with E-state index in [0.29, 0.717) is 18.5 Å². The first-order chi connectivity index (χ1) is 9.70. The van der Waals surface area contributed by atoms with Gasteiger partial charge in [0.05, 0.1) is 0 Å². The van der Waals surface area contributed by atoms with Crippen LogP contribution in [0.5, 0.6) is 0 Å². The Hall–Kier alpha value is -1.55. The second-order valence-electron chi connectivity index (χ2n) is 6.04. The molecule has 0 aliphatic heterocycles. The Morgan fingerprint density at radius 2 is 1.90 bits per heavy atom. The predicted octanol–water partition coefficient (Wildman–Crippen LogP) is 1.90. The van der Waals surface area contributed by atoms with Gasteiger partial charge in [0, 0.05) is 37.3 Å². The van der Waals surface area contributed by atoms with Crippen molar-refractivity contribution in [1.82, 2.24) is 10.2 Å². The van der Waals surface area contributed by atoms with Gasteiger partial charge >= 0.3 is 0 Å². The van der Waals surface area contributed by atoms with E-state index in [4.69, 9.17) is 5.73 Å². The number of hydrogen-bond donors (Lipinski definition) is 2. The SMILES string of the molecule is Nc1ccc(CN(CCC(=O)NC2CC2)C2CC2)cc1. The molecule has 1 aromatic carbocycles. The maximum atomic E-state index is 11.8. The molecule has 1 amide bonds. The average molecular weight is 273 g/mol. The van der Waals surface area contributed by atoms with Gasteiger partial charge in [0.15, 0.2) is 0 Å². The second-order valence-corrected chi connectivity index (χ2v) is 6.04. The quantitative estimate of drug-likeness (QED) is 0.746. The van der Waals surface area contributed by atoms with Crippen molar-refractivity contribution in [2.24, 2.45) is 0 Å². The van der Waals surface area contributed by atoms with Crippen LogP contribution in [0.2, 0.25) is 0 Å². The molecule has 0 heterocycles. The summed E-state index contributed by atoms with van der Waals surface area (Å²) >= 11 is 0. The zero-order valence-corrected chi connectivity index (χ0v) is 11.8. The number of nitrogen functional groups attached to an aromatic ring is 1. The highest BCUT2D eigenvalue weighted by Crippen LogP contribution is 2.28. The Morgan fingerprint density at radius 1 is 1.20 bits per heavy atom. The molecule has 0 atom stereocenters. The summed E-state index contributed by atoms with van der Waals surface area (Å²) in [6.07, 6.45) is 5.45. The smallest absolute Gasteiger partial charge is 0.221 e. The molecule has 0 radical (unpaired) electrons. The van der Waals surface area contributed by atoms with Crippen LogP contribution in [0, 0.1) is 0 Å². The van der Waals surface area contributed by atoms with Crippen molar-refractivity contribution in [2.45, 2.75) is 50.7 Å². The van der Waals surface area contributed by atoms with Crippen LogP contribution in [0.4, 0.5) is 5.69 Å². The summed E-state index contributed by atoms with van der Waals surface area (Å²) in [6.45, 7) is 1.77. The molecule has 2 aliphatic rings. The van der Waals surface area contributed by atoms with Gasteiger partial charge in [0.1, 0.15) is 0 Å². The van der Waals surface area contributed by atoms with Gasteiger partial charge < -0.3 is 11.1 Å². The molecule has 20 heavy (non-hydrogen) atoms. The largest absolute Gasteiger partial charge is 0.399 e. The summed E-state index contributed by atoms with van der Waals surface area (Å²) in [5.74, 6) is 0.204. The molecular formula is C16H23N3O. The Labute approximate surface area is 120 Å². The highest BCUT2D eigenvalue weighted by molar-refractivity contribution is 5.76. The minimum absolute atomic E-state index is 0.204. The van der Waals surface area contributed by atoms with Crippen LogP contribution in [0.15, 0.2) is 24.3 Å². The number of rotatable bonds is 7. The maximum Gasteiger partial charge on any atom is 0.221 e. The molecule has 0 spiro atoms. The Bertz CT molecular complexity index is 463. The summed E-state index contributed by atoms with van der Waals surface area (Å²) in [6, 6.07) is 9.18. The lowest BCUT2D eigenvalue weighted by atomic mass is 10.2. The predicted molar refractivity (Wildman–Crippen MR) is 80.1 cm³/mol. The highest BCUT2D eigenvalue weighted by atomic mass is 16.1. The molecule has 2 aliphatic carbocycles. The fourth-order valence-corrected chi connectivity index (χ4v) is 2.46. The van der Waals surface area contributed by atoms with Crippen LogP contribution in [-0.4, -0.2) is 29.4 Å². The number of anilines is 1. The molecule has 0 unspecified atom stereocenters. The van der Waals surface area contributed by atoms with E-state index in [0.717, 1.165) is 31.6 Å². The topological polar surface area (TPSA) is 58.4 Å². The monoisotopic (exact) mass is 273 g/mol. The van der Waals surface area contributed by atoms with Crippen molar-refractivity contribution in [3.8, 4) is 0 Å². The summed E-state index contributed by atoms with van der Waals surface area (Å²) in [5, 5.41) is 3.06. The Kier molecular flexibility index (Phi) is 3.92. The molecule has 2 saturated carbocycles. The normalized spacial score (nSPS) is 18.2. The van der Waals surface area contributed by atoms with Gasteiger partial charge in [-0.15, -0.1) is 0 Å². The maximum absolute atomic E-state index is 11.8. The van der Waals surface area contributed by atoms with E-state index >= 15 is 0 Å². The van der Waals surface area contributed by atoms with Gasteiger partial charge in [-0.2, -0.15) is 0 Å². The number of nitrogens with one attached hydrogen (secondary N) is 1. The summed E-state index contributed by atoms with van der Waals surface area (Å²) in [5.41, 5.74) is 7.79. The minimum Gasteiger partial charge on any atom is -0.399 e. The first kappa shape index (κ1) is 13.4. The first-order valence-corrected chi connectivity index (χ1v) is 7.58. The molecule has 4 nitrogen and oxygen atoms in total. The van der Waals surface area contributed by atoms with E-state index in [-0.39, 0.29) is 5.91 Å². The van der Waals surface area contributed by atoms with Crippen LogP contribution in [0.3, 0.4) is 0 Å². The third kappa shape index (κ3) is 3.97. The lowest BCUT2D eigenvalue weighted by Gasteiger charge is -2.22. The molecule has 1 aromatic rings. The van der Waals surface area contributed by atoms with Crippen molar-refractivity contribution in [3.05, 3.63) is 29.8 Å². The van der Waals surface area contributed by atoms with E-state index in [2.05, 4.69) is 22.3 Å². The van der Waals surface area contributed by atoms with E-state index in [1.54, 1.807) is 0 Å². The molecule has 108 valence electrons. The number of amides is 1. The van der Waals surface area contributed by atoms with Crippen molar-refractivity contribution in [2.75, 3.05) is 12.3 Å². The van der Waals surface area contributed by atoms with Crippen LogP contribution in [0.1, 0.15) is 37.7 Å². The van der Waals surface area contributed by atoms with Crippen LogP contribution in [-0.2, 0) is 11.3 Å². The van der Waals surface area contributed by atoms with Crippen molar-refractivity contribution in [1.29, 1.82) is 0 Å². The molecule has 2 fully saturated rings. The van der Waals surface area contributed by atoms with Gasteiger partial charge in [0.25, 0.3) is 0 Å². The average Bonchev–Trinajstić information content (AvgIpc) is 3.29. The van der Waals surface area contributed by atoms with Crippen molar-refractivity contribution >= 4 is 11.6 Å². The number of carbonyl (C=O) groups excluding carboxylic acids is 1. The molecule has 0 aromatic heterocycles. The van der Waals surface area contributed by atoms with Crippen LogP contribution >= 0.6 is 0 Å². The van der Waals surface area contributed by atoms with Crippen LogP contribution < -0.4 is 11.1 Å². The highest BCUT2D eigenvalue weighted by Gasteiger charge is 2.29. The number of hydrogen-bond acceptors (Lipinski definition) is 3. The number of nitrogens with zero attached hydrogens (tertiary/aromatic N) is 1. The summed E-state index contributed by atoms with van der Waals surface area (Å²) < 4.78 is 0. The zero-order chi connectivity index (χ0) is 13.9. The zero-order valence-electron chi connectivity index (χ0n) is 11.8. The van der Waals surface area contributed by atoms with E-state index in [9.17, 15) is 4.79 Å². The van der Waals surface area contributed by atoms with Crippen molar-refractivity contribution in [3.63, 3.8) is 0 Å². The van der Waals surface area contributed by atoms with Gasteiger partial charge in [-0.05, 0) is 43.4 Å². The van der Waals surface area contributed by atoms with E-state index in [1.165, 1.54) is 18.4 Å². The summed E-state index contributed by atoms with van der Waals surface area (Å²) in [7, 11) is 0. The minimum atomic E-state index is 0.204. The third-order valence-corrected chi connectivity index (χ3v) is 4.00. The standard InChI is InChI=1S/C16H23N3O/c17-13-3-1-12(2-4-13)11-19(15-7-8-15)10-9-16(20)18-14-5-6-14/h1-4,14-15H,5-11,17H2,(H,18,20). The molecule has 0 saturated heterocycles. The number of carbonyl (C=O) groups is 1. The van der Waals surface area contributed by atoms with Gasteiger partial charge in [-0.3, -0.25) is 9.69 Å². The lowest BCUT2D eigenvalue weighted by Crippen LogP contribution is -2.32. The van der Waals surface area contributed by atoms with Gasteiger partial charge in [-0.25, -0.2) is 0 Å². The van der Waals surface area contributed by atoms with Crippen LogP contribution in [0.25, 0.3) is 0 Å². The second kappa shape index (κ2) is 5.83. The Morgan fingerprint density at radius 3 is 2.50 bits per heavy atom. The molecule has 4 heteroatoms. The number of benzene rings is 1. The Balaban J connectivity index is 1.49. The third-order valence-electron chi connectivity index (χ3n) is 4.00. The summed E-state index contributed by atoms with van der Waals surface area (Å²) in [4.78, 5) is 14.2. The fourth-order valence-electron chi connectivity index (χ4n) is 2.46. The van der Waals surface area contributed by atoms with Gasteiger partial charge in [0.2, 0.25) is 5.91 Å². The lowest BCUT2D eigenvalue weighted by molar-refractivity contribution is -0.121. The number of nitrogens with two attached hydrogens (primary N) is 1. The van der Waals surface area contributed by atoms with Gasteiger partial charge in [-0.1, -0.05) is 12.1 Å². The van der Waals surface area contributed by atoms with Crippen molar-refractivity contribution < 1.29 is 4.79 Å². The molecule has 3 N–H and O–H groups in total. The molecular weight excluding hydrogens is 250 g/mol.